The van der Waals surface area contributed by atoms with Crippen LogP contribution in [0.2, 0.25) is 0 Å². The number of fused-ring (bicyclic) bond motifs is 2. The summed E-state index contributed by atoms with van der Waals surface area (Å²) in [5.41, 5.74) is 2.70. The summed E-state index contributed by atoms with van der Waals surface area (Å²) < 4.78 is 38.3. The molecule has 0 saturated heterocycles. The molecule has 136 valence electrons. The van der Waals surface area contributed by atoms with Gasteiger partial charge >= 0.3 is 0 Å². The zero-order valence-electron chi connectivity index (χ0n) is 14.2. The van der Waals surface area contributed by atoms with Gasteiger partial charge in [0.1, 0.15) is 0 Å². The van der Waals surface area contributed by atoms with E-state index in [1.165, 1.54) is 17.7 Å². The van der Waals surface area contributed by atoms with Gasteiger partial charge in [0.15, 0.2) is 11.5 Å². The van der Waals surface area contributed by atoms with E-state index >= 15 is 0 Å². The van der Waals surface area contributed by atoms with Gasteiger partial charge in [0.05, 0.1) is 18.1 Å². The number of sulfonamides is 1. The molecule has 0 aromatic heterocycles. The molecule has 2 aliphatic rings. The van der Waals surface area contributed by atoms with Crippen LogP contribution in [0.5, 0.6) is 11.5 Å². The summed E-state index contributed by atoms with van der Waals surface area (Å²) >= 11 is 0. The molecule has 6 nitrogen and oxygen atoms in total. The van der Waals surface area contributed by atoms with Crippen molar-refractivity contribution in [3.05, 3.63) is 53.1 Å². The smallest absolute Gasteiger partial charge is 0.265 e. The molecule has 4 rings (SSSR count). The first-order valence-corrected chi connectivity index (χ1v) is 10.1. The van der Waals surface area contributed by atoms with E-state index < -0.39 is 15.9 Å². The normalized spacial score (nSPS) is 15.8. The van der Waals surface area contributed by atoms with Crippen molar-refractivity contribution >= 4 is 15.9 Å². The van der Waals surface area contributed by atoms with Gasteiger partial charge in [-0.2, -0.15) is 0 Å². The van der Waals surface area contributed by atoms with Gasteiger partial charge in [0, 0.05) is 18.1 Å². The highest BCUT2D eigenvalue weighted by Crippen LogP contribution is 2.32. The molecule has 0 bridgehead atoms. The highest BCUT2D eigenvalue weighted by Gasteiger charge is 2.22. The van der Waals surface area contributed by atoms with Crippen molar-refractivity contribution in [2.45, 2.75) is 30.6 Å². The third-order valence-electron chi connectivity index (χ3n) is 4.62. The average molecular weight is 373 g/mol. The Morgan fingerprint density at radius 2 is 1.65 bits per heavy atom. The summed E-state index contributed by atoms with van der Waals surface area (Å²) in [6.45, 7) is 0.978. The van der Waals surface area contributed by atoms with Crippen LogP contribution in [0.3, 0.4) is 0 Å². The van der Waals surface area contributed by atoms with E-state index in [0.29, 0.717) is 30.3 Å². The van der Waals surface area contributed by atoms with Crippen LogP contribution in [0.25, 0.3) is 0 Å². The van der Waals surface area contributed by atoms with Crippen LogP contribution in [0.4, 0.5) is 0 Å². The molecular weight excluding hydrogens is 354 g/mol. The van der Waals surface area contributed by atoms with Gasteiger partial charge in [-0.3, -0.25) is 4.79 Å². The number of hydrogen-bond donors (Lipinski definition) is 1. The molecule has 1 aliphatic carbocycles. The molecule has 0 unspecified atom stereocenters. The molecule has 0 fully saturated rings. The lowest BCUT2D eigenvalue weighted by atomic mass is 10.1. The van der Waals surface area contributed by atoms with Crippen molar-refractivity contribution in [3.63, 3.8) is 0 Å². The molecule has 1 heterocycles. The quantitative estimate of drug-likeness (QED) is 0.894. The van der Waals surface area contributed by atoms with E-state index in [1.807, 2.05) is 6.07 Å². The van der Waals surface area contributed by atoms with Crippen LogP contribution in [-0.2, 0) is 22.9 Å². The van der Waals surface area contributed by atoms with Crippen molar-refractivity contribution in [3.8, 4) is 11.5 Å². The lowest BCUT2D eigenvalue weighted by molar-refractivity contribution is 0.0981. The summed E-state index contributed by atoms with van der Waals surface area (Å²) in [7, 11) is -4.00. The van der Waals surface area contributed by atoms with Gasteiger partial charge in [-0.25, -0.2) is 13.1 Å². The Hall–Kier alpha value is -2.54. The van der Waals surface area contributed by atoms with E-state index in [9.17, 15) is 13.2 Å². The molecule has 1 N–H and O–H groups in total. The number of rotatable bonds is 3. The monoisotopic (exact) mass is 373 g/mol. The van der Waals surface area contributed by atoms with Crippen molar-refractivity contribution < 1.29 is 22.7 Å². The molecule has 0 radical (unpaired) electrons. The Morgan fingerprint density at radius 3 is 2.50 bits per heavy atom. The largest absolute Gasteiger partial charge is 0.490 e. The van der Waals surface area contributed by atoms with E-state index in [2.05, 4.69) is 4.72 Å². The van der Waals surface area contributed by atoms with Crippen molar-refractivity contribution in [2.75, 3.05) is 13.2 Å². The number of ether oxygens (including phenoxy) is 2. The Labute approximate surface area is 152 Å². The summed E-state index contributed by atoms with van der Waals surface area (Å²) in [4.78, 5) is 12.4. The second kappa shape index (κ2) is 6.64. The van der Waals surface area contributed by atoms with Gasteiger partial charge < -0.3 is 9.47 Å². The molecule has 1 amide bonds. The second-order valence-corrected chi connectivity index (χ2v) is 8.11. The average Bonchev–Trinajstić information content (AvgIpc) is 2.96. The Kier molecular flexibility index (Phi) is 4.32. The fourth-order valence-corrected chi connectivity index (χ4v) is 4.25. The highest BCUT2D eigenvalue weighted by atomic mass is 32.2. The molecule has 0 atom stereocenters. The van der Waals surface area contributed by atoms with Crippen LogP contribution >= 0.6 is 0 Å². The molecule has 0 spiro atoms. The van der Waals surface area contributed by atoms with Gasteiger partial charge in [-0.15, -0.1) is 0 Å². The summed E-state index contributed by atoms with van der Waals surface area (Å²) in [6.07, 6.45) is 3.72. The van der Waals surface area contributed by atoms with E-state index in [-0.39, 0.29) is 4.90 Å². The van der Waals surface area contributed by atoms with Crippen molar-refractivity contribution in [1.82, 2.24) is 4.72 Å². The van der Waals surface area contributed by atoms with Gasteiger partial charge in [-0.05, 0) is 54.7 Å². The standard InChI is InChI=1S/C19H19NO5S/c21-19(15-6-5-13-3-1-4-14(13)11-15)20-26(22,23)16-7-8-17-18(12-16)25-10-2-9-24-17/h5-8,11-12H,1-4,9-10H2,(H,20,21). The van der Waals surface area contributed by atoms with Gasteiger partial charge in [-0.1, -0.05) is 6.07 Å². The maximum atomic E-state index is 12.6. The fourth-order valence-electron chi connectivity index (χ4n) is 3.26. The Bertz CT molecular complexity index is 968. The third-order valence-corrected chi connectivity index (χ3v) is 5.95. The summed E-state index contributed by atoms with van der Waals surface area (Å²) in [6, 6.07) is 9.70. The van der Waals surface area contributed by atoms with Crippen molar-refractivity contribution in [1.29, 1.82) is 0 Å². The lowest BCUT2D eigenvalue weighted by Gasteiger charge is -2.11. The molecular formula is C19H19NO5S. The Balaban J connectivity index is 1.57. The Morgan fingerprint density at radius 1 is 0.885 bits per heavy atom. The predicted octanol–water partition coefficient (Wildman–Crippen LogP) is 2.46. The van der Waals surface area contributed by atoms with Gasteiger partial charge in [0.25, 0.3) is 15.9 Å². The van der Waals surface area contributed by atoms with Crippen LogP contribution < -0.4 is 14.2 Å². The first-order chi connectivity index (χ1) is 12.5. The third kappa shape index (κ3) is 3.26. The number of carbonyl (C=O) groups is 1. The maximum Gasteiger partial charge on any atom is 0.265 e. The van der Waals surface area contributed by atoms with Gasteiger partial charge in [0.2, 0.25) is 0 Å². The van der Waals surface area contributed by atoms with Crippen LogP contribution in [0.15, 0.2) is 41.3 Å². The highest BCUT2D eigenvalue weighted by molar-refractivity contribution is 7.90. The van der Waals surface area contributed by atoms with Crippen LogP contribution in [0.1, 0.15) is 34.3 Å². The first kappa shape index (κ1) is 16.9. The zero-order valence-corrected chi connectivity index (χ0v) is 15.0. The molecule has 26 heavy (non-hydrogen) atoms. The predicted molar refractivity (Wildman–Crippen MR) is 95.2 cm³/mol. The summed E-state index contributed by atoms with van der Waals surface area (Å²) in [5, 5.41) is 0. The van der Waals surface area contributed by atoms with E-state index in [0.717, 1.165) is 31.2 Å². The molecule has 2 aromatic rings. The molecule has 0 saturated carbocycles. The van der Waals surface area contributed by atoms with Crippen molar-refractivity contribution in [2.24, 2.45) is 0 Å². The summed E-state index contributed by atoms with van der Waals surface area (Å²) in [5.74, 6) is 0.244. The fraction of sp³-hybridized carbons (Fsp3) is 0.316. The minimum Gasteiger partial charge on any atom is -0.490 e. The van der Waals surface area contributed by atoms with Crippen LogP contribution in [0, 0.1) is 0 Å². The number of hydrogen-bond acceptors (Lipinski definition) is 5. The van der Waals surface area contributed by atoms with E-state index in [1.54, 1.807) is 18.2 Å². The number of amides is 1. The minimum absolute atomic E-state index is 0.0312. The number of benzene rings is 2. The maximum absolute atomic E-state index is 12.6. The molecule has 2 aromatic carbocycles. The van der Waals surface area contributed by atoms with Crippen LogP contribution in [-0.4, -0.2) is 27.5 Å². The SMILES string of the molecule is O=C(NS(=O)(=O)c1ccc2c(c1)OCCCO2)c1ccc2c(c1)CCC2. The molecule has 1 aliphatic heterocycles. The minimum atomic E-state index is -4.00. The lowest BCUT2D eigenvalue weighted by Crippen LogP contribution is -2.30. The second-order valence-electron chi connectivity index (χ2n) is 6.43. The molecule has 7 heteroatoms. The van der Waals surface area contributed by atoms with E-state index in [4.69, 9.17) is 9.47 Å². The number of nitrogens with one attached hydrogen (secondary N) is 1. The topological polar surface area (TPSA) is 81.7 Å². The number of carbonyl (C=O) groups excluding carboxylic acids is 1. The zero-order chi connectivity index (χ0) is 18.1. The number of aryl methyl sites for hydroxylation is 2. The first-order valence-electron chi connectivity index (χ1n) is 8.61.